The molecule has 2 unspecified atom stereocenters. The SMILES string of the molecule is CCC1(C)NC(C(C)C)N(C2CC2)C1=O. The van der Waals surface area contributed by atoms with Crippen molar-refractivity contribution in [3.63, 3.8) is 0 Å². The van der Waals surface area contributed by atoms with Gasteiger partial charge in [-0.15, -0.1) is 0 Å². The van der Waals surface area contributed by atoms with Gasteiger partial charge in [-0.3, -0.25) is 10.1 Å². The molecule has 86 valence electrons. The van der Waals surface area contributed by atoms with E-state index < -0.39 is 0 Å². The number of hydrogen-bond acceptors (Lipinski definition) is 2. The highest BCUT2D eigenvalue weighted by Crippen LogP contribution is 2.37. The fourth-order valence-electron chi connectivity index (χ4n) is 2.36. The second kappa shape index (κ2) is 3.48. The number of rotatable bonds is 3. The van der Waals surface area contributed by atoms with Crippen molar-refractivity contribution >= 4 is 5.91 Å². The predicted octanol–water partition coefficient (Wildman–Crippen LogP) is 1.73. The lowest BCUT2D eigenvalue weighted by molar-refractivity contribution is -0.133. The van der Waals surface area contributed by atoms with Crippen LogP contribution in [0.4, 0.5) is 0 Å². The molecule has 3 heteroatoms. The number of nitrogens with one attached hydrogen (secondary N) is 1. The first-order valence-electron chi connectivity index (χ1n) is 6.10. The first kappa shape index (κ1) is 10.9. The van der Waals surface area contributed by atoms with Gasteiger partial charge in [-0.25, -0.2) is 0 Å². The molecular weight excluding hydrogens is 188 g/mol. The number of carbonyl (C=O) groups is 1. The molecule has 2 atom stereocenters. The second-order valence-corrected chi connectivity index (χ2v) is 5.46. The zero-order chi connectivity index (χ0) is 11.2. The van der Waals surface area contributed by atoms with Crippen molar-refractivity contribution in [3.8, 4) is 0 Å². The Morgan fingerprint density at radius 1 is 1.53 bits per heavy atom. The Balaban J connectivity index is 2.22. The Morgan fingerprint density at radius 3 is 2.53 bits per heavy atom. The highest BCUT2D eigenvalue weighted by molar-refractivity contribution is 5.89. The molecule has 1 N–H and O–H groups in total. The van der Waals surface area contributed by atoms with Gasteiger partial charge in [-0.2, -0.15) is 0 Å². The van der Waals surface area contributed by atoms with Crippen molar-refractivity contribution < 1.29 is 4.79 Å². The Bertz CT molecular complexity index is 273. The van der Waals surface area contributed by atoms with E-state index in [1.807, 2.05) is 6.92 Å². The summed E-state index contributed by atoms with van der Waals surface area (Å²) in [5.74, 6) is 0.800. The summed E-state index contributed by atoms with van der Waals surface area (Å²) < 4.78 is 0. The van der Waals surface area contributed by atoms with Crippen molar-refractivity contribution in [3.05, 3.63) is 0 Å². The quantitative estimate of drug-likeness (QED) is 0.769. The molecule has 1 heterocycles. The monoisotopic (exact) mass is 210 g/mol. The summed E-state index contributed by atoms with van der Waals surface area (Å²) >= 11 is 0. The van der Waals surface area contributed by atoms with Crippen LogP contribution in [0.1, 0.15) is 47.0 Å². The van der Waals surface area contributed by atoms with Crippen LogP contribution in [0.25, 0.3) is 0 Å². The van der Waals surface area contributed by atoms with E-state index in [0.29, 0.717) is 17.9 Å². The fourth-order valence-corrected chi connectivity index (χ4v) is 2.36. The summed E-state index contributed by atoms with van der Waals surface area (Å²) in [6.45, 7) is 8.48. The van der Waals surface area contributed by atoms with Crippen LogP contribution >= 0.6 is 0 Å². The van der Waals surface area contributed by atoms with Gasteiger partial charge in [0.15, 0.2) is 0 Å². The molecule has 2 aliphatic rings. The number of amides is 1. The van der Waals surface area contributed by atoms with Crippen LogP contribution in [0.2, 0.25) is 0 Å². The van der Waals surface area contributed by atoms with Gasteiger partial charge in [0.25, 0.3) is 0 Å². The molecule has 0 spiro atoms. The van der Waals surface area contributed by atoms with Crippen molar-refractivity contribution in [1.82, 2.24) is 10.2 Å². The van der Waals surface area contributed by atoms with Gasteiger partial charge < -0.3 is 4.90 Å². The topological polar surface area (TPSA) is 32.3 Å². The van der Waals surface area contributed by atoms with E-state index in [1.54, 1.807) is 0 Å². The summed E-state index contributed by atoms with van der Waals surface area (Å²) in [6, 6.07) is 0.519. The summed E-state index contributed by atoms with van der Waals surface area (Å²) in [7, 11) is 0. The largest absolute Gasteiger partial charge is 0.322 e. The number of carbonyl (C=O) groups excluding carboxylic acids is 1. The highest BCUT2D eigenvalue weighted by atomic mass is 16.2. The Kier molecular flexibility index (Phi) is 2.53. The second-order valence-electron chi connectivity index (χ2n) is 5.46. The summed E-state index contributed by atoms with van der Waals surface area (Å²) in [4.78, 5) is 14.4. The Hall–Kier alpha value is -0.570. The molecule has 1 amide bonds. The normalized spacial score (nSPS) is 36.7. The van der Waals surface area contributed by atoms with Crippen molar-refractivity contribution in [2.24, 2.45) is 5.92 Å². The molecule has 1 aliphatic heterocycles. The molecule has 0 aromatic rings. The van der Waals surface area contributed by atoms with Gasteiger partial charge in [0.05, 0.1) is 11.7 Å². The molecule has 1 saturated heterocycles. The third-order valence-electron chi connectivity index (χ3n) is 3.75. The first-order valence-corrected chi connectivity index (χ1v) is 6.10. The Labute approximate surface area is 92.2 Å². The third-order valence-corrected chi connectivity index (χ3v) is 3.75. The van der Waals surface area contributed by atoms with Gasteiger partial charge in [0, 0.05) is 6.04 Å². The predicted molar refractivity (Wildman–Crippen MR) is 60.3 cm³/mol. The molecule has 0 aromatic carbocycles. The van der Waals surface area contributed by atoms with Crippen LogP contribution in [-0.4, -0.2) is 28.6 Å². The highest BCUT2D eigenvalue weighted by Gasteiger charge is 2.52. The zero-order valence-corrected chi connectivity index (χ0v) is 10.2. The maximum Gasteiger partial charge on any atom is 0.244 e. The maximum absolute atomic E-state index is 12.3. The molecule has 1 saturated carbocycles. The van der Waals surface area contributed by atoms with Crippen molar-refractivity contribution in [1.29, 1.82) is 0 Å². The van der Waals surface area contributed by atoms with Crippen molar-refractivity contribution in [2.45, 2.75) is 64.7 Å². The molecule has 2 fully saturated rings. The fraction of sp³-hybridized carbons (Fsp3) is 0.917. The minimum atomic E-state index is -0.322. The van der Waals surface area contributed by atoms with Crippen LogP contribution < -0.4 is 5.32 Å². The molecular formula is C12H22N2O. The van der Waals surface area contributed by atoms with E-state index >= 15 is 0 Å². The van der Waals surface area contributed by atoms with Crippen LogP contribution in [0.3, 0.4) is 0 Å². The van der Waals surface area contributed by atoms with Gasteiger partial charge in [0.2, 0.25) is 5.91 Å². The maximum atomic E-state index is 12.3. The van der Waals surface area contributed by atoms with E-state index in [4.69, 9.17) is 0 Å². The molecule has 3 nitrogen and oxygen atoms in total. The minimum Gasteiger partial charge on any atom is -0.322 e. The van der Waals surface area contributed by atoms with E-state index in [1.165, 1.54) is 12.8 Å². The number of hydrogen-bond donors (Lipinski definition) is 1. The minimum absolute atomic E-state index is 0.245. The van der Waals surface area contributed by atoms with E-state index in [-0.39, 0.29) is 11.7 Å². The van der Waals surface area contributed by atoms with E-state index in [0.717, 1.165) is 6.42 Å². The van der Waals surface area contributed by atoms with Crippen molar-refractivity contribution in [2.75, 3.05) is 0 Å². The average molecular weight is 210 g/mol. The van der Waals surface area contributed by atoms with Gasteiger partial charge in [-0.05, 0) is 32.1 Å². The van der Waals surface area contributed by atoms with Crippen LogP contribution in [0.15, 0.2) is 0 Å². The molecule has 15 heavy (non-hydrogen) atoms. The average Bonchev–Trinajstić information content (AvgIpc) is 2.96. The first-order chi connectivity index (χ1) is 6.99. The van der Waals surface area contributed by atoms with Gasteiger partial charge in [-0.1, -0.05) is 20.8 Å². The summed E-state index contributed by atoms with van der Waals surface area (Å²) in [5, 5.41) is 3.51. The van der Waals surface area contributed by atoms with Crippen LogP contribution in [0, 0.1) is 5.92 Å². The van der Waals surface area contributed by atoms with E-state index in [2.05, 4.69) is 31.0 Å². The van der Waals surface area contributed by atoms with Gasteiger partial charge in [0.1, 0.15) is 0 Å². The molecule has 0 radical (unpaired) electrons. The lowest BCUT2D eigenvalue weighted by Crippen LogP contribution is -2.45. The smallest absolute Gasteiger partial charge is 0.244 e. The molecule has 0 aromatic heterocycles. The zero-order valence-electron chi connectivity index (χ0n) is 10.2. The summed E-state index contributed by atoms with van der Waals surface area (Å²) in [5.41, 5.74) is -0.322. The number of nitrogens with zero attached hydrogens (tertiary/aromatic N) is 1. The third kappa shape index (κ3) is 1.67. The summed E-state index contributed by atoms with van der Waals surface area (Å²) in [6.07, 6.45) is 3.50. The molecule has 0 bridgehead atoms. The standard InChI is InChI=1S/C12H22N2O/c1-5-12(4)11(15)14(9-6-7-9)10(13-12)8(2)3/h8-10,13H,5-7H2,1-4H3. The Morgan fingerprint density at radius 2 is 2.13 bits per heavy atom. The van der Waals surface area contributed by atoms with Gasteiger partial charge >= 0.3 is 0 Å². The molecule has 2 rings (SSSR count). The van der Waals surface area contributed by atoms with Crippen LogP contribution in [0.5, 0.6) is 0 Å². The lowest BCUT2D eigenvalue weighted by atomic mass is 9.99. The van der Waals surface area contributed by atoms with E-state index in [9.17, 15) is 4.79 Å². The van der Waals surface area contributed by atoms with Crippen LogP contribution in [-0.2, 0) is 4.79 Å². The molecule has 1 aliphatic carbocycles. The lowest BCUT2D eigenvalue weighted by Gasteiger charge is -2.26.